The van der Waals surface area contributed by atoms with Gasteiger partial charge in [-0.2, -0.15) is 13.2 Å². The lowest BCUT2D eigenvalue weighted by molar-refractivity contribution is -0.137. The number of nitrogens with one attached hydrogen (secondary N) is 2. The van der Waals surface area contributed by atoms with Crippen molar-refractivity contribution < 1.29 is 22.8 Å². The van der Waals surface area contributed by atoms with Crippen LogP contribution in [0.25, 0.3) is 22.0 Å². The molecule has 2 N–H and O–H groups in total. The molecule has 11 heteroatoms. The SMILES string of the molecule is CNC(=O)C(Cc1ccc(-c2ccccc2)cc1)NC(=O)Cn1cc(CN2CCN(c3ncccc3C(F)(F)F)CC2)c2ccccc21. The molecule has 248 valence electrons. The van der Waals surface area contributed by atoms with Crippen molar-refractivity contribution >= 4 is 28.5 Å². The van der Waals surface area contributed by atoms with E-state index in [0.29, 0.717) is 39.1 Å². The number of hydrogen-bond acceptors (Lipinski definition) is 5. The number of para-hydroxylation sites is 1. The zero-order valence-electron chi connectivity index (χ0n) is 26.6. The number of fused-ring (bicyclic) bond motifs is 1. The van der Waals surface area contributed by atoms with Gasteiger partial charge in [-0.05, 0) is 40.5 Å². The van der Waals surface area contributed by atoms with Crippen LogP contribution >= 0.6 is 0 Å². The van der Waals surface area contributed by atoms with Crippen LogP contribution < -0.4 is 15.5 Å². The van der Waals surface area contributed by atoms with Crippen LogP contribution in [0.5, 0.6) is 0 Å². The number of piperazine rings is 1. The van der Waals surface area contributed by atoms with Gasteiger partial charge in [0.15, 0.2) is 0 Å². The molecule has 48 heavy (non-hydrogen) atoms. The Kier molecular flexibility index (Phi) is 9.77. The minimum Gasteiger partial charge on any atom is -0.357 e. The van der Waals surface area contributed by atoms with Crippen LogP contribution in [-0.4, -0.2) is 65.5 Å². The molecule has 0 saturated carbocycles. The third-order valence-electron chi connectivity index (χ3n) is 8.74. The largest absolute Gasteiger partial charge is 0.419 e. The van der Waals surface area contributed by atoms with E-state index >= 15 is 0 Å². The highest BCUT2D eigenvalue weighted by Gasteiger charge is 2.36. The summed E-state index contributed by atoms with van der Waals surface area (Å²) in [7, 11) is 1.55. The van der Waals surface area contributed by atoms with Crippen LogP contribution in [0.1, 0.15) is 16.7 Å². The third-order valence-corrected chi connectivity index (χ3v) is 8.74. The highest BCUT2D eigenvalue weighted by atomic mass is 19.4. The number of likely N-dealkylation sites (N-methyl/N-ethyl adjacent to an activating group) is 1. The number of nitrogens with zero attached hydrogens (tertiary/aromatic N) is 4. The Morgan fingerprint density at radius 3 is 2.25 bits per heavy atom. The number of alkyl halides is 3. The van der Waals surface area contributed by atoms with Gasteiger partial charge in [-0.3, -0.25) is 14.5 Å². The minimum absolute atomic E-state index is 0.0224. The first-order valence-corrected chi connectivity index (χ1v) is 15.9. The van der Waals surface area contributed by atoms with Gasteiger partial charge >= 0.3 is 6.18 Å². The lowest BCUT2D eigenvalue weighted by atomic mass is 10.0. The lowest BCUT2D eigenvalue weighted by Gasteiger charge is -2.36. The van der Waals surface area contributed by atoms with Crippen molar-refractivity contribution in [2.45, 2.75) is 31.7 Å². The summed E-state index contributed by atoms with van der Waals surface area (Å²) in [4.78, 5) is 34.1. The fourth-order valence-corrected chi connectivity index (χ4v) is 6.29. The molecular formula is C37H37F3N6O2. The molecule has 1 aliphatic rings. The second-order valence-corrected chi connectivity index (χ2v) is 11.9. The summed E-state index contributed by atoms with van der Waals surface area (Å²) in [5.41, 5.74) is 4.28. The van der Waals surface area contributed by atoms with E-state index < -0.39 is 17.8 Å². The Labute approximate surface area is 277 Å². The summed E-state index contributed by atoms with van der Waals surface area (Å²) >= 11 is 0. The second-order valence-electron chi connectivity index (χ2n) is 11.9. The topological polar surface area (TPSA) is 82.5 Å². The molecule has 1 atom stereocenters. The molecule has 0 aliphatic carbocycles. The van der Waals surface area contributed by atoms with Gasteiger partial charge in [0, 0.05) is 69.5 Å². The number of anilines is 1. The van der Waals surface area contributed by atoms with Crippen molar-refractivity contribution in [1.29, 1.82) is 0 Å². The van der Waals surface area contributed by atoms with Crippen molar-refractivity contribution in [2.75, 3.05) is 38.1 Å². The van der Waals surface area contributed by atoms with Crippen molar-refractivity contribution in [3.63, 3.8) is 0 Å². The highest BCUT2D eigenvalue weighted by molar-refractivity contribution is 5.89. The number of amides is 2. The fraction of sp³-hybridized carbons (Fsp3) is 0.270. The van der Waals surface area contributed by atoms with E-state index in [1.807, 2.05) is 89.6 Å². The van der Waals surface area contributed by atoms with Crippen LogP contribution in [0, 0.1) is 0 Å². The molecule has 5 aromatic rings. The predicted octanol–water partition coefficient (Wildman–Crippen LogP) is 5.52. The number of pyridine rings is 1. The highest BCUT2D eigenvalue weighted by Crippen LogP contribution is 2.35. The summed E-state index contributed by atoms with van der Waals surface area (Å²) < 4.78 is 42.6. The maximum atomic E-state index is 13.6. The fourth-order valence-electron chi connectivity index (χ4n) is 6.29. The van der Waals surface area contributed by atoms with Crippen LogP contribution in [0.15, 0.2) is 103 Å². The number of benzene rings is 3. The first kappa shape index (κ1) is 32.8. The Hall–Kier alpha value is -5.16. The normalized spacial score (nSPS) is 14.5. The summed E-state index contributed by atoms with van der Waals surface area (Å²) in [6.07, 6.45) is -0.785. The van der Waals surface area contributed by atoms with E-state index in [1.165, 1.54) is 12.3 Å². The van der Waals surface area contributed by atoms with Crippen LogP contribution in [0.3, 0.4) is 0 Å². The maximum absolute atomic E-state index is 13.6. The zero-order chi connectivity index (χ0) is 33.7. The van der Waals surface area contributed by atoms with Crippen molar-refractivity contribution in [3.8, 4) is 11.1 Å². The molecule has 1 aliphatic heterocycles. The van der Waals surface area contributed by atoms with Crippen molar-refractivity contribution in [2.24, 2.45) is 0 Å². The number of rotatable bonds is 10. The average Bonchev–Trinajstić information content (AvgIpc) is 3.44. The molecule has 3 aromatic carbocycles. The number of hydrogen-bond donors (Lipinski definition) is 2. The number of aromatic nitrogens is 2. The second kappa shape index (κ2) is 14.3. The standard InChI is InChI=1S/C37H37F3N6O2/c1-41-36(48)32(22-26-13-15-28(16-14-26)27-8-3-2-4-9-27)43-34(47)25-46-24-29(30-10-5-6-12-33(30)46)23-44-18-20-45(21-19-44)35-31(37(38,39)40)11-7-17-42-35/h2-17,24,32H,18-23,25H2,1H3,(H,41,48)(H,43,47). The zero-order valence-corrected chi connectivity index (χ0v) is 26.6. The molecule has 3 heterocycles. The lowest BCUT2D eigenvalue weighted by Crippen LogP contribution is -2.48. The van der Waals surface area contributed by atoms with E-state index in [9.17, 15) is 22.8 Å². The maximum Gasteiger partial charge on any atom is 0.419 e. The summed E-state index contributed by atoms with van der Waals surface area (Å²) in [5, 5.41) is 6.59. The van der Waals surface area contributed by atoms with E-state index in [2.05, 4.69) is 20.5 Å². The number of carbonyl (C=O) groups is 2. The molecule has 8 nitrogen and oxygen atoms in total. The third kappa shape index (κ3) is 7.52. The molecule has 2 aromatic heterocycles. The van der Waals surface area contributed by atoms with E-state index in [4.69, 9.17) is 0 Å². The Bertz CT molecular complexity index is 1870. The molecule has 2 amide bonds. The molecule has 1 saturated heterocycles. The van der Waals surface area contributed by atoms with Crippen molar-refractivity contribution in [3.05, 3.63) is 120 Å². The van der Waals surface area contributed by atoms with Crippen LogP contribution in [0.4, 0.5) is 19.0 Å². The monoisotopic (exact) mass is 654 g/mol. The Balaban J connectivity index is 1.11. The first-order valence-electron chi connectivity index (χ1n) is 15.9. The molecule has 0 bridgehead atoms. The molecule has 0 spiro atoms. The van der Waals surface area contributed by atoms with Gasteiger partial charge in [0.1, 0.15) is 18.4 Å². The molecule has 0 radical (unpaired) electrons. The Morgan fingerprint density at radius 2 is 1.54 bits per heavy atom. The van der Waals surface area contributed by atoms with Gasteiger partial charge in [0.25, 0.3) is 0 Å². The molecule has 6 rings (SSSR count). The van der Waals surface area contributed by atoms with Crippen molar-refractivity contribution in [1.82, 2.24) is 25.1 Å². The molecule has 1 fully saturated rings. The van der Waals surface area contributed by atoms with Gasteiger partial charge in [-0.15, -0.1) is 0 Å². The number of halogens is 3. The molecule has 1 unspecified atom stereocenters. The number of carbonyl (C=O) groups excluding carboxylic acids is 2. The summed E-state index contributed by atoms with van der Waals surface area (Å²) in [6, 6.07) is 27.4. The van der Waals surface area contributed by atoms with E-state index in [1.54, 1.807) is 11.9 Å². The van der Waals surface area contributed by atoms with Crippen LogP contribution in [-0.2, 0) is 35.3 Å². The van der Waals surface area contributed by atoms with E-state index in [-0.39, 0.29) is 24.2 Å². The van der Waals surface area contributed by atoms with Gasteiger partial charge in [0.2, 0.25) is 11.8 Å². The summed E-state index contributed by atoms with van der Waals surface area (Å²) in [5.74, 6) is -0.603. The summed E-state index contributed by atoms with van der Waals surface area (Å²) in [6.45, 7) is 2.56. The van der Waals surface area contributed by atoms with E-state index in [0.717, 1.165) is 39.2 Å². The Morgan fingerprint density at radius 1 is 0.854 bits per heavy atom. The molecular weight excluding hydrogens is 617 g/mol. The smallest absolute Gasteiger partial charge is 0.357 e. The minimum atomic E-state index is -4.47. The average molecular weight is 655 g/mol. The van der Waals surface area contributed by atoms with Crippen LogP contribution in [0.2, 0.25) is 0 Å². The van der Waals surface area contributed by atoms with Gasteiger partial charge in [-0.25, -0.2) is 4.98 Å². The first-order chi connectivity index (χ1) is 23.2. The quantitative estimate of drug-likeness (QED) is 0.208. The predicted molar refractivity (Wildman–Crippen MR) is 180 cm³/mol. The van der Waals surface area contributed by atoms with Gasteiger partial charge in [-0.1, -0.05) is 72.8 Å². The van der Waals surface area contributed by atoms with Gasteiger partial charge < -0.3 is 20.1 Å². The van der Waals surface area contributed by atoms with Gasteiger partial charge in [0.05, 0.1) is 5.56 Å².